The van der Waals surface area contributed by atoms with Crippen LogP contribution >= 0.6 is 0 Å². The molecule has 2 unspecified atom stereocenters. The number of aromatic carboxylic acids is 1. The van der Waals surface area contributed by atoms with E-state index in [1.54, 1.807) is 12.1 Å². The zero-order chi connectivity index (χ0) is 15.7. The first-order valence-electron chi connectivity index (χ1n) is 7.23. The van der Waals surface area contributed by atoms with E-state index in [4.69, 9.17) is 0 Å². The third-order valence-corrected chi connectivity index (χ3v) is 4.00. The Morgan fingerprint density at radius 2 is 1.95 bits per heavy atom. The fourth-order valence-electron chi connectivity index (χ4n) is 2.57. The molecule has 21 heavy (non-hydrogen) atoms. The van der Waals surface area contributed by atoms with Gasteiger partial charge in [-0.1, -0.05) is 26.8 Å². The molecule has 0 aliphatic rings. The molecule has 2 atom stereocenters. The van der Waals surface area contributed by atoms with E-state index in [0.29, 0.717) is 11.0 Å². The monoisotopic (exact) mass is 290 g/mol. The fraction of sp³-hybridized carbons (Fsp3) is 0.500. The maximum Gasteiger partial charge on any atom is 0.337 e. The zero-order valence-corrected chi connectivity index (χ0v) is 12.9. The number of imidazole rings is 1. The summed E-state index contributed by atoms with van der Waals surface area (Å²) in [5.74, 6) is 0.0848. The van der Waals surface area contributed by atoms with Crippen LogP contribution in [0.5, 0.6) is 0 Å². The Balaban J connectivity index is 2.80. The third kappa shape index (κ3) is 2.65. The Morgan fingerprint density at radius 3 is 2.48 bits per heavy atom. The van der Waals surface area contributed by atoms with Crippen LogP contribution in [0.25, 0.3) is 11.0 Å². The highest BCUT2D eigenvalue weighted by molar-refractivity contribution is 6.01. The van der Waals surface area contributed by atoms with Crippen LogP contribution in [-0.2, 0) is 0 Å². The van der Waals surface area contributed by atoms with Crippen molar-refractivity contribution in [2.75, 3.05) is 6.61 Å². The number of carboxylic acids is 1. The van der Waals surface area contributed by atoms with Crippen LogP contribution in [0.2, 0.25) is 0 Å². The van der Waals surface area contributed by atoms with Crippen molar-refractivity contribution in [3.8, 4) is 0 Å². The molecule has 0 bridgehead atoms. The number of rotatable bonds is 5. The van der Waals surface area contributed by atoms with E-state index < -0.39 is 5.97 Å². The van der Waals surface area contributed by atoms with Crippen LogP contribution in [0.4, 0.5) is 0 Å². The summed E-state index contributed by atoms with van der Waals surface area (Å²) < 4.78 is 1.98. The molecular weight excluding hydrogens is 268 g/mol. The van der Waals surface area contributed by atoms with Gasteiger partial charge in [0.05, 0.1) is 16.6 Å². The average Bonchev–Trinajstić information content (AvgIpc) is 2.84. The third-order valence-electron chi connectivity index (χ3n) is 4.00. The van der Waals surface area contributed by atoms with Crippen molar-refractivity contribution in [3.63, 3.8) is 0 Å². The van der Waals surface area contributed by atoms with Gasteiger partial charge in [-0.3, -0.25) is 0 Å². The molecule has 0 aliphatic heterocycles. The standard InChI is InChI=1S/C16H22N2O3/c1-9(2)15-17-13-7-5-6-12(16(20)21)14(13)18(15)11(4)10(3)8-19/h5-7,9-11,19H,8H2,1-4H3,(H,20,21). The van der Waals surface area contributed by atoms with Gasteiger partial charge in [-0.15, -0.1) is 0 Å². The van der Waals surface area contributed by atoms with Gasteiger partial charge in [0.15, 0.2) is 0 Å². The van der Waals surface area contributed by atoms with Gasteiger partial charge in [-0.25, -0.2) is 9.78 Å². The zero-order valence-electron chi connectivity index (χ0n) is 12.9. The molecule has 0 radical (unpaired) electrons. The van der Waals surface area contributed by atoms with E-state index in [1.165, 1.54) is 0 Å². The summed E-state index contributed by atoms with van der Waals surface area (Å²) in [6.45, 7) is 8.06. The summed E-state index contributed by atoms with van der Waals surface area (Å²) in [7, 11) is 0. The Hall–Kier alpha value is -1.88. The molecule has 0 aliphatic carbocycles. The second-order valence-electron chi connectivity index (χ2n) is 5.87. The van der Waals surface area contributed by atoms with Crippen molar-refractivity contribution in [3.05, 3.63) is 29.6 Å². The first-order valence-corrected chi connectivity index (χ1v) is 7.23. The number of benzene rings is 1. The van der Waals surface area contributed by atoms with E-state index in [0.717, 1.165) is 5.82 Å². The molecule has 0 spiro atoms. The summed E-state index contributed by atoms with van der Waals surface area (Å²) >= 11 is 0. The minimum absolute atomic E-state index is 0.0155. The minimum Gasteiger partial charge on any atom is -0.478 e. The molecule has 114 valence electrons. The van der Waals surface area contributed by atoms with E-state index >= 15 is 0 Å². The number of hydrogen-bond acceptors (Lipinski definition) is 3. The highest BCUT2D eigenvalue weighted by Gasteiger charge is 2.24. The van der Waals surface area contributed by atoms with Crippen LogP contribution in [0, 0.1) is 5.92 Å². The molecule has 1 heterocycles. The molecule has 1 aromatic carbocycles. The number of para-hydroxylation sites is 1. The van der Waals surface area contributed by atoms with Gasteiger partial charge in [0.2, 0.25) is 0 Å². The first-order chi connectivity index (χ1) is 9.88. The molecule has 0 amide bonds. The van der Waals surface area contributed by atoms with Crippen molar-refractivity contribution >= 4 is 17.0 Å². The molecule has 2 rings (SSSR count). The van der Waals surface area contributed by atoms with Crippen LogP contribution in [-0.4, -0.2) is 32.3 Å². The molecule has 2 N–H and O–H groups in total. The van der Waals surface area contributed by atoms with Gasteiger partial charge in [0.25, 0.3) is 0 Å². The number of nitrogens with zero attached hydrogens (tertiary/aromatic N) is 2. The van der Waals surface area contributed by atoms with Crippen molar-refractivity contribution in [1.82, 2.24) is 9.55 Å². The lowest BCUT2D eigenvalue weighted by Gasteiger charge is -2.24. The summed E-state index contributed by atoms with van der Waals surface area (Å²) in [5.41, 5.74) is 1.58. The summed E-state index contributed by atoms with van der Waals surface area (Å²) in [5, 5.41) is 18.9. The summed E-state index contributed by atoms with van der Waals surface area (Å²) in [6, 6.07) is 5.12. The minimum atomic E-state index is -0.957. The Bertz CT molecular complexity index is 661. The summed E-state index contributed by atoms with van der Waals surface area (Å²) in [6.07, 6.45) is 0. The topological polar surface area (TPSA) is 75.3 Å². The summed E-state index contributed by atoms with van der Waals surface area (Å²) in [4.78, 5) is 16.1. The number of aliphatic hydroxyl groups excluding tert-OH is 1. The normalized spacial score (nSPS) is 14.6. The molecule has 5 nitrogen and oxygen atoms in total. The maximum atomic E-state index is 11.5. The Labute approximate surface area is 124 Å². The van der Waals surface area contributed by atoms with Crippen molar-refractivity contribution in [1.29, 1.82) is 0 Å². The SMILES string of the molecule is CC(C)c1nc2cccc(C(=O)O)c2n1C(C)C(C)CO. The van der Waals surface area contributed by atoms with Crippen molar-refractivity contribution in [2.24, 2.45) is 5.92 Å². The predicted molar refractivity (Wildman–Crippen MR) is 81.7 cm³/mol. The quantitative estimate of drug-likeness (QED) is 0.887. The highest BCUT2D eigenvalue weighted by Crippen LogP contribution is 2.31. The largest absolute Gasteiger partial charge is 0.478 e. The van der Waals surface area contributed by atoms with Gasteiger partial charge >= 0.3 is 5.97 Å². The van der Waals surface area contributed by atoms with Crippen LogP contribution in [0.3, 0.4) is 0 Å². The first kappa shape index (κ1) is 15.5. The second-order valence-corrected chi connectivity index (χ2v) is 5.87. The maximum absolute atomic E-state index is 11.5. The van der Waals surface area contributed by atoms with Gasteiger partial charge in [-0.05, 0) is 25.0 Å². The van der Waals surface area contributed by atoms with Crippen LogP contribution in [0.1, 0.15) is 55.8 Å². The molecule has 0 fully saturated rings. The van der Waals surface area contributed by atoms with E-state index in [-0.39, 0.29) is 30.0 Å². The van der Waals surface area contributed by atoms with Gasteiger partial charge in [0.1, 0.15) is 5.82 Å². The lowest BCUT2D eigenvalue weighted by Crippen LogP contribution is -2.20. The average molecular weight is 290 g/mol. The van der Waals surface area contributed by atoms with Crippen molar-refractivity contribution in [2.45, 2.75) is 39.7 Å². The number of aliphatic hydroxyl groups is 1. The number of carbonyl (C=O) groups is 1. The number of fused-ring (bicyclic) bond motifs is 1. The molecule has 2 aromatic rings. The van der Waals surface area contributed by atoms with Gasteiger partial charge in [-0.2, -0.15) is 0 Å². The fourth-order valence-corrected chi connectivity index (χ4v) is 2.57. The van der Waals surface area contributed by atoms with Crippen molar-refractivity contribution < 1.29 is 15.0 Å². The molecule has 0 saturated carbocycles. The van der Waals surface area contributed by atoms with Gasteiger partial charge < -0.3 is 14.8 Å². The lowest BCUT2D eigenvalue weighted by molar-refractivity contribution is 0.0698. The van der Waals surface area contributed by atoms with Gasteiger partial charge in [0, 0.05) is 18.6 Å². The molecular formula is C16H22N2O3. The number of hydrogen-bond donors (Lipinski definition) is 2. The van der Waals surface area contributed by atoms with E-state index in [2.05, 4.69) is 4.98 Å². The predicted octanol–water partition coefficient (Wildman–Crippen LogP) is 3.05. The number of aromatic nitrogens is 2. The Morgan fingerprint density at radius 1 is 1.29 bits per heavy atom. The molecule has 1 aromatic heterocycles. The highest BCUT2D eigenvalue weighted by atomic mass is 16.4. The van der Waals surface area contributed by atoms with Crippen LogP contribution < -0.4 is 0 Å². The number of carboxylic acid groups (broad SMARTS) is 1. The lowest BCUT2D eigenvalue weighted by atomic mass is 10.0. The molecule has 5 heteroatoms. The van der Waals surface area contributed by atoms with E-state index in [9.17, 15) is 15.0 Å². The van der Waals surface area contributed by atoms with Crippen LogP contribution in [0.15, 0.2) is 18.2 Å². The second kappa shape index (κ2) is 5.85. The van der Waals surface area contributed by atoms with E-state index in [1.807, 2.05) is 38.3 Å². The smallest absolute Gasteiger partial charge is 0.337 e. The molecule has 0 saturated heterocycles. The Kier molecular flexibility index (Phi) is 4.32.